The van der Waals surface area contributed by atoms with Crippen LogP contribution in [0.5, 0.6) is 0 Å². The monoisotopic (exact) mass is 166 g/mol. The predicted molar refractivity (Wildman–Crippen MR) is 50.9 cm³/mol. The fraction of sp³-hybridized carbons (Fsp3) is 0.900. The average molecular weight is 166 g/mol. The van der Waals surface area contributed by atoms with Crippen molar-refractivity contribution < 1.29 is 0 Å². The molecule has 0 aromatic heterocycles. The number of nitrogens with zero attached hydrogens (tertiary/aromatic N) is 1. The Morgan fingerprint density at radius 1 is 1.08 bits per heavy atom. The summed E-state index contributed by atoms with van der Waals surface area (Å²) in [6.07, 6.45) is 9.47. The highest BCUT2D eigenvalue weighted by Crippen LogP contribution is 2.39. The molecule has 2 nitrogen and oxygen atoms in total. The lowest BCUT2D eigenvalue weighted by Gasteiger charge is -2.35. The fourth-order valence-corrected chi connectivity index (χ4v) is 2.81. The van der Waals surface area contributed by atoms with E-state index < -0.39 is 0 Å². The van der Waals surface area contributed by atoms with E-state index in [4.69, 9.17) is 5.84 Å². The van der Waals surface area contributed by atoms with Crippen LogP contribution in [0.3, 0.4) is 0 Å². The van der Waals surface area contributed by atoms with E-state index in [9.17, 15) is 0 Å². The molecule has 0 amide bonds. The molecule has 2 atom stereocenters. The van der Waals surface area contributed by atoms with Gasteiger partial charge in [-0.15, -0.1) is 0 Å². The predicted octanol–water partition coefficient (Wildman–Crippen LogP) is 2.29. The van der Waals surface area contributed by atoms with Gasteiger partial charge in [0.1, 0.15) is 0 Å². The van der Waals surface area contributed by atoms with Crippen LogP contribution in [-0.4, -0.2) is 5.71 Å². The molecule has 0 aliphatic heterocycles. The lowest BCUT2D eigenvalue weighted by molar-refractivity contribution is 0.218. The van der Waals surface area contributed by atoms with E-state index in [0.717, 1.165) is 18.3 Å². The maximum absolute atomic E-state index is 5.31. The van der Waals surface area contributed by atoms with Crippen molar-refractivity contribution in [2.24, 2.45) is 22.8 Å². The molecule has 2 aliphatic carbocycles. The second kappa shape index (κ2) is 3.46. The minimum atomic E-state index is 0.926. The standard InChI is InChI=1S/C10H18N2/c11-12-10-6-5-8-3-1-2-4-9(8)7-10/h8-9H,1-7,11H2/b12-10+. The molecule has 2 fully saturated rings. The molecule has 0 aromatic carbocycles. The Morgan fingerprint density at radius 3 is 2.58 bits per heavy atom. The Bertz CT molecular complexity index is 186. The van der Waals surface area contributed by atoms with Gasteiger partial charge in [-0.3, -0.25) is 0 Å². The summed E-state index contributed by atoms with van der Waals surface area (Å²) in [5, 5.41) is 3.86. The van der Waals surface area contributed by atoms with E-state index in [1.165, 1.54) is 44.2 Å². The normalized spacial score (nSPS) is 39.5. The first-order valence-corrected chi connectivity index (χ1v) is 5.16. The number of rotatable bonds is 0. The highest BCUT2D eigenvalue weighted by molar-refractivity contribution is 5.85. The molecule has 0 bridgehead atoms. The molecule has 0 spiro atoms. The minimum Gasteiger partial charge on any atom is -0.323 e. The van der Waals surface area contributed by atoms with Crippen LogP contribution in [0.15, 0.2) is 5.10 Å². The highest BCUT2D eigenvalue weighted by atomic mass is 15.1. The van der Waals surface area contributed by atoms with Crippen molar-refractivity contribution in [3.05, 3.63) is 0 Å². The van der Waals surface area contributed by atoms with Crippen molar-refractivity contribution >= 4 is 5.71 Å². The Labute approximate surface area is 74.2 Å². The van der Waals surface area contributed by atoms with Gasteiger partial charge in [-0.25, -0.2) is 0 Å². The number of hydrogen-bond donors (Lipinski definition) is 1. The molecule has 2 unspecified atom stereocenters. The van der Waals surface area contributed by atoms with Gasteiger partial charge < -0.3 is 5.84 Å². The summed E-state index contributed by atoms with van der Waals surface area (Å²) in [6.45, 7) is 0. The van der Waals surface area contributed by atoms with Crippen molar-refractivity contribution in [1.82, 2.24) is 0 Å². The second-order valence-corrected chi connectivity index (χ2v) is 4.24. The van der Waals surface area contributed by atoms with E-state index in [2.05, 4.69) is 5.10 Å². The first kappa shape index (κ1) is 8.09. The quantitative estimate of drug-likeness (QED) is 0.435. The summed E-state index contributed by atoms with van der Waals surface area (Å²) in [4.78, 5) is 0. The van der Waals surface area contributed by atoms with E-state index in [-0.39, 0.29) is 0 Å². The van der Waals surface area contributed by atoms with Gasteiger partial charge in [-0.1, -0.05) is 19.3 Å². The van der Waals surface area contributed by atoms with Gasteiger partial charge >= 0.3 is 0 Å². The number of hydrazone groups is 1. The molecule has 68 valence electrons. The Hall–Kier alpha value is -0.530. The third-order valence-electron chi connectivity index (χ3n) is 3.55. The van der Waals surface area contributed by atoms with Gasteiger partial charge in [0.15, 0.2) is 0 Å². The smallest absolute Gasteiger partial charge is 0.0378 e. The van der Waals surface area contributed by atoms with Gasteiger partial charge in [0.25, 0.3) is 0 Å². The van der Waals surface area contributed by atoms with Crippen LogP contribution in [0.2, 0.25) is 0 Å². The summed E-state index contributed by atoms with van der Waals surface area (Å²) < 4.78 is 0. The van der Waals surface area contributed by atoms with Crippen LogP contribution in [0, 0.1) is 11.8 Å². The maximum atomic E-state index is 5.31. The molecule has 12 heavy (non-hydrogen) atoms. The lowest BCUT2D eigenvalue weighted by Crippen LogP contribution is -2.28. The third-order valence-corrected chi connectivity index (χ3v) is 3.55. The lowest BCUT2D eigenvalue weighted by atomic mass is 9.70. The third kappa shape index (κ3) is 1.47. The second-order valence-electron chi connectivity index (χ2n) is 4.24. The molecule has 2 rings (SSSR count). The minimum absolute atomic E-state index is 0.926. The molecule has 0 radical (unpaired) electrons. The largest absolute Gasteiger partial charge is 0.323 e. The van der Waals surface area contributed by atoms with E-state index in [0.29, 0.717) is 0 Å². The molecular formula is C10H18N2. The van der Waals surface area contributed by atoms with Crippen LogP contribution >= 0.6 is 0 Å². The maximum Gasteiger partial charge on any atom is 0.0378 e. The average Bonchev–Trinajstić information content (AvgIpc) is 2.17. The van der Waals surface area contributed by atoms with Crippen molar-refractivity contribution in [2.75, 3.05) is 0 Å². The fourth-order valence-electron chi connectivity index (χ4n) is 2.81. The van der Waals surface area contributed by atoms with Gasteiger partial charge in [-0.2, -0.15) is 5.10 Å². The van der Waals surface area contributed by atoms with Crippen molar-refractivity contribution in [1.29, 1.82) is 0 Å². The Balaban J connectivity index is 1.98. The van der Waals surface area contributed by atoms with Crippen molar-refractivity contribution in [3.8, 4) is 0 Å². The number of hydrogen-bond acceptors (Lipinski definition) is 2. The number of nitrogens with two attached hydrogens (primary N) is 1. The van der Waals surface area contributed by atoms with Gasteiger partial charge in [0, 0.05) is 5.71 Å². The van der Waals surface area contributed by atoms with Crippen molar-refractivity contribution in [3.63, 3.8) is 0 Å². The number of fused-ring (bicyclic) bond motifs is 1. The van der Waals surface area contributed by atoms with Crippen molar-refractivity contribution in [2.45, 2.75) is 44.9 Å². The molecule has 2 N–H and O–H groups in total. The highest BCUT2D eigenvalue weighted by Gasteiger charge is 2.29. The first-order chi connectivity index (χ1) is 5.90. The van der Waals surface area contributed by atoms with Crippen LogP contribution in [-0.2, 0) is 0 Å². The van der Waals surface area contributed by atoms with Crippen LogP contribution in [0.1, 0.15) is 44.9 Å². The van der Waals surface area contributed by atoms with Gasteiger partial charge in [0.05, 0.1) is 0 Å². The summed E-state index contributed by atoms with van der Waals surface area (Å²) in [7, 11) is 0. The van der Waals surface area contributed by atoms with Crippen LogP contribution < -0.4 is 5.84 Å². The summed E-state index contributed by atoms with van der Waals surface area (Å²) in [5.74, 6) is 7.24. The Kier molecular flexibility index (Phi) is 2.33. The van der Waals surface area contributed by atoms with Gasteiger partial charge in [-0.05, 0) is 37.5 Å². The van der Waals surface area contributed by atoms with E-state index >= 15 is 0 Å². The molecular weight excluding hydrogens is 148 g/mol. The Morgan fingerprint density at radius 2 is 1.83 bits per heavy atom. The zero-order valence-electron chi connectivity index (χ0n) is 7.63. The van der Waals surface area contributed by atoms with Crippen LogP contribution in [0.25, 0.3) is 0 Å². The first-order valence-electron chi connectivity index (χ1n) is 5.16. The summed E-state index contributed by atoms with van der Waals surface area (Å²) in [6, 6.07) is 0. The molecule has 0 aromatic rings. The molecule has 2 heteroatoms. The summed E-state index contributed by atoms with van der Waals surface area (Å²) in [5.41, 5.74) is 1.26. The zero-order chi connectivity index (χ0) is 8.39. The SMILES string of the molecule is N/N=C1\CCC2CCCCC2C1. The van der Waals surface area contributed by atoms with Crippen LogP contribution in [0.4, 0.5) is 0 Å². The topological polar surface area (TPSA) is 38.4 Å². The van der Waals surface area contributed by atoms with E-state index in [1.54, 1.807) is 0 Å². The molecule has 0 heterocycles. The summed E-state index contributed by atoms with van der Waals surface area (Å²) >= 11 is 0. The molecule has 2 aliphatic rings. The molecule has 0 saturated heterocycles. The van der Waals surface area contributed by atoms with Gasteiger partial charge in [0.2, 0.25) is 0 Å². The zero-order valence-corrected chi connectivity index (χ0v) is 7.63. The van der Waals surface area contributed by atoms with E-state index in [1.807, 2.05) is 0 Å². The molecule has 2 saturated carbocycles.